The van der Waals surface area contributed by atoms with Crippen molar-refractivity contribution < 1.29 is 19.2 Å². The minimum Gasteiger partial charge on any atom is -0.872 e. The quantitative estimate of drug-likeness (QED) is 0.726. The highest BCUT2D eigenvalue weighted by molar-refractivity contribution is 5.87. The summed E-state index contributed by atoms with van der Waals surface area (Å²) < 4.78 is 11.5. The van der Waals surface area contributed by atoms with Crippen LogP contribution in [0.4, 0.5) is 0 Å². The van der Waals surface area contributed by atoms with Crippen LogP contribution in [0.25, 0.3) is 22.1 Å². The third-order valence-corrected chi connectivity index (χ3v) is 5.10. The van der Waals surface area contributed by atoms with E-state index in [1.165, 1.54) is 11.0 Å². The lowest BCUT2D eigenvalue weighted by atomic mass is 10.00. The zero-order chi connectivity index (χ0) is 19.6. The third kappa shape index (κ3) is 3.43. The predicted molar refractivity (Wildman–Crippen MR) is 104 cm³/mol. The molecule has 0 fully saturated rings. The Kier molecular flexibility index (Phi) is 5.51. The van der Waals surface area contributed by atoms with Gasteiger partial charge in [-0.25, -0.2) is 0 Å². The van der Waals surface area contributed by atoms with E-state index in [1.54, 1.807) is 20.1 Å². The molecule has 1 aromatic heterocycles. The topological polar surface area (TPSA) is 66.9 Å². The van der Waals surface area contributed by atoms with E-state index in [2.05, 4.69) is 13.8 Å². The summed E-state index contributed by atoms with van der Waals surface area (Å²) in [5.74, 6) is 1.01. The summed E-state index contributed by atoms with van der Waals surface area (Å²) in [7, 11) is 1.57. The Labute approximate surface area is 158 Å². The van der Waals surface area contributed by atoms with Crippen molar-refractivity contribution in [1.29, 1.82) is 0 Å². The summed E-state index contributed by atoms with van der Waals surface area (Å²) in [5, 5.41) is 12.9. The molecule has 0 aliphatic heterocycles. The van der Waals surface area contributed by atoms with Crippen LogP contribution in [-0.2, 0) is 6.54 Å². The number of para-hydroxylation sites is 1. The zero-order valence-corrected chi connectivity index (χ0v) is 16.2. The number of ether oxygens (including phenoxy) is 1. The number of hydrogen-bond acceptors (Lipinski definition) is 4. The maximum Gasteiger partial charge on any atom is 0.200 e. The maximum absolute atomic E-state index is 13.3. The first-order valence-corrected chi connectivity index (χ1v) is 9.25. The predicted octanol–water partition coefficient (Wildman–Crippen LogP) is 2.28. The second-order valence-electron chi connectivity index (χ2n) is 6.62. The van der Waals surface area contributed by atoms with Crippen molar-refractivity contribution in [2.24, 2.45) is 0 Å². The molecule has 0 aliphatic carbocycles. The average Bonchev–Trinajstić information content (AvgIpc) is 2.68. The monoisotopic (exact) mass is 367 g/mol. The number of benzene rings is 2. The number of hydrogen-bond donors (Lipinski definition) is 1. The summed E-state index contributed by atoms with van der Waals surface area (Å²) in [6.07, 6.45) is 0. The van der Waals surface area contributed by atoms with Gasteiger partial charge < -0.3 is 19.2 Å². The molecule has 0 saturated heterocycles. The molecule has 27 heavy (non-hydrogen) atoms. The van der Waals surface area contributed by atoms with E-state index in [-0.39, 0.29) is 11.2 Å². The van der Waals surface area contributed by atoms with Gasteiger partial charge in [-0.05, 0) is 32.9 Å². The van der Waals surface area contributed by atoms with E-state index < -0.39 is 0 Å². The first-order valence-electron chi connectivity index (χ1n) is 9.25. The van der Waals surface area contributed by atoms with Gasteiger partial charge in [0.2, 0.25) is 5.43 Å². The molecule has 1 N–H and O–H groups in total. The Hall–Kier alpha value is -2.79. The van der Waals surface area contributed by atoms with Crippen molar-refractivity contribution in [2.45, 2.75) is 27.3 Å². The fourth-order valence-electron chi connectivity index (χ4n) is 3.48. The molecular weight excluding hydrogens is 342 g/mol. The van der Waals surface area contributed by atoms with Crippen molar-refractivity contribution in [1.82, 2.24) is 0 Å². The van der Waals surface area contributed by atoms with Crippen molar-refractivity contribution in [3.8, 4) is 22.6 Å². The van der Waals surface area contributed by atoms with Gasteiger partial charge >= 0.3 is 0 Å². The van der Waals surface area contributed by atoms with Crippen LogP contribution >= 0.6 is 0 Å². The summed E-state index contributed by atoms with van der Waals surface area (Å²) in [5.41, 5.74) is 1.99. The van der Waals surface area contributed by atoms with Gasteiger partial charge in [-0.15, -0.1) is 0 Å². The molecule has 0 aliphatic rings. The molecule has 0 spiro atoms. The van der Waals surface area contributed by atoms with E-state index in [4.69, 9.17) is 9.15 Å². The Morgan fingerprint density at radius 1 is 1.11 bits per heavy atom. The number of methoxy groups -OCH3 is 1. The molecule has 0 radical (unpaired) electrons. The van der Waals surface area contributed by atoms with Crippen LogP contribution in [0.1, 0.15) is 25.2 Å². The van der Waals surface area contributed by atoms with Gasteiger partial charge in [-0.3, -0.25) is 4.79 Å². The fourth-order valence-corrected chi connectivity index (χ4v) is 3.48. The summed E-state index contributed by atoms with van der Waals surface area (Å²) in [6, 6.07) is 10.4. The molecule has 0 amide bonds. The first kappa shape index (κ1) is 19.0. The van der Waals surface area contributed by atoms with E-state index in [0.29, 0.717) is 45.7 Å². The minimum atomic E-state index is -0.144. The number of aryl methyl sites for hydroxylation is 1. The molecule has 0 atom stereocenters. The summed E-state index contributed by atoms with van der Waals surface area (Å²) >= 11 is 0. The Morgan fingerprint density at radius 2 is 1.81 bits per heavy atom. The minimum absolute atomic E-state index is 0.0884. The smallest absolute Gasteiger partial charge is 0.200 e. The molecule has 0 saturated carbocycles. The van der Waals surface area contributed by atoms with Crippen LogP contribution in [0.5, 0.6) is 11.5 Å². The van der Waals surface area contributed by atoms with Gasteiger partial charge in [0.15, 0.2) is 0 Å². The lowest BCUT2D eigenvalue weighted by Crippen LogP contribution is -3.10. The molecule has 3 rings (SSSR count). The van der Waals surface area contributed by atoms with Crippen LogP contribution in [0, 0.1) is 6.92 Å². The molecule has 3 aromatic rings. The second kappa shape index (κ2) is 7.84. The van der Waals surface area contributed by atoms with Crippen molar-refractivity contribution >= 4 is 11.0 Å². The number of fused-ring (bicyclic) bond motifs is 1. The van der Waals surface area contributed by atoms with Gasteiger partial charge in [-0.2, -0.15) is 0 Å². The van der Waals surface area contributed by atoms with Gasteiger partial charge in [0.05, 0.1) is 31.1 Å². The standard InChI is InChI=1S/C22H25NO4/c1-5-23(6-2)13-17-18(24)12-11-16-21(25)20(14(3)27-22(16)17)15-9-7-8-10-19(15)26-4/h7-12,24H,5-6,13H2,1-4H3. The number of rotatable bonds is 6. The highest BCUT2D eigenvalue weighted by Gasteiger charge is 2.19. The molecule has 2 aromatic carbocycles. The van der Waals surface area contributed by atoms with Gasteiger partial charge in [0, 0.05) is 11.1 Å². The van der Waals surface area contributed by atoms with Crippen molar-refractivity contribution in [3.05, 3.63) is 57.9 Å². The zero-order valence-electron chi connectivity index (χ0n) is 16.2. The van der Waals surface area contributed by atoms with E-state index in [0.717, 1.165) is 13.1 Å². The molecule has 5 nitrogen and oxygen atoms in total. The second-order valence-corrected chi connectivity index (χ2v) is 6.62. The van der Waals surface area contributed by atoms with Gasteiger partial charge in [0.1, 0.15) is 23.6 Å². The van der Waals surface area contributed by atoms with Crippen LogP contribution in [-0.4, -0.2) is 20.2 Å². The average molecular weight is 367 g/mol. The molecule has 1 heterocycles. The van der Waals surface area contributed by atoms with E-state index in [1.807, 2.05) is 24.3 Å². The normalized spacial score (nSPS) is 11.3. The summed E-state index contributed by atoms with van der Waals surface area (Å²) in [4.78, 5) is 14.5. The Morgan fingerprint density at radius 3 is 2.48 bits per heavy atom. The fraction of sp³-hybridized carbons (Fsp3) is 0.318. The highest BCUT2D eigenvalue weighted by Crippen LogP contribution is 2.33. The lowest BCUT2D eigenvalue weighted by Gasteiger charge is -2.21. The largest absolute Gasteiger partial charge is 0.872 e. The molecule has 142 valence electrons. The number of nitrogens with one attached hydrogen (secondary N) is 1. The lowest BCUT2D eigenvalue weighted by molar-refractivity contribution is -0.910. The first-order chi connectivity index (χ1) is 13.0. The van der Waals surface area contributed by atoms with Gasteiger partial charge in [0.25, 0.3) is 0 Å². The summed E-state index contributed by atoms with van der Waals surface area (Å²) in [6.45, 7) is 8.25. The maximum atomic E-state index is 13.3. The Bertz CT molecular complexity index is 1020. The van der Waals surface area contributed by atoms with E-state index >= 15 is 0 Å². The van der Waals surface area contributed by atoms with Crippen LogP contribution in [0.2, 0.25) is 0 Å². The highest BCUT2D eigenvalue weighted by atomic mass is 16.5. The van der Waals surface area contributed by atoms with Crippen LogP contribution < -0.4 is 20.2 Å². The molecule has 0 bridgehead atoms. The van der Waals surface area contributed by atoms with Gasteiger partial charge in [-0.1, -0.05) is 30.0 Å². The molecule has 5 heteroatoms. The van der Waals surface area contributed by atoms with Crippen molar-refractivity contribution in [3.63, 3.8) is 0 Å². The van der Waals surface area contributed by atoms with Crippen LogP contribution in [0.3, 0.4) is 0 Å². The Balaban J connectivity index is 2.28. The van der Waals surface area contributed by atoms with E-state index in [9.17, 15) is 9.90 Å². The number of quaternary nitrogens is 1. The third-order valence-electron chi connectivity index (χ3n) is 5.10. The molecular formula is C22H25NO4. The SMILES string of the molecule is CC[NH+](CC)Cc1c([O-])ccc2c(=O)c(-c3ccccc3OC)c(C)oc12. The van der Waals surface area contributed by atoms with Crippen molar-refractivity contribution in [2.75, 3.05) is 20.2 Å². The molecule has 0 unspecified atom stereocenters. The van der Waals surface area contributed by atoms with Crippen LogP contribution in [0.15, 0.2) is 45.6 Å².